The minimum atomic E-state index is -1.55. The number of benzene rings is 3. The molecule has 1 heterocycles. The number of hydrogen-bond donors (Lipinski definition) is 1. The highest BCUT2D eigenvalue weighted by molar-refractivity contribution is 6.27. The lowest BCUT2D eigenvalue weighted by molar-refractivity contribution is -0.139. The number of anilines is 3. The van der Waals surface area contributed by atoms with Crippen LogP contribution in [0.5, 0.6) is 0 Å². The number of amides is 3. The normalized spacial score (nSPS) is 15.0. The van der Waals surface area contributed by atoms with Crippen molar-refractivity contribution in [3.63, 3.8) is 0 Å². The van der Waals surface area contributed by atoms with E-state index in [0.717, 1.165) is 6.42 Å². The second-order valence-corrected chi connectivity index (χ2v) is 8.32. The lowest BCUT2D eigenvalue weighted by Crippen LogP contribution is -2.41. The molecule has 34 heavy (non-hydrogen) atoms. The third kappa shape index (κ3) is 4.41. The van der Waals surface area contributed by atoms with Crippen molar-refractivity contribution in [3.8, 4) is 0 Å². The summed E-state index contributed by atoms with van der Waals surface area (Å²) in [4.78, 5) is 41.0. The Morgan fingerprint density at radius 1 is 0.824 bits per heavy atom. The Labute approximate surface area is 198 Å². The fourth-order valence-corrected chi connectivity index (χ4v) is 4.23. The van der Waals surface area contributed by atoms with Crippen LogP contribution >= 0.6 is 0 Å². The van der Waals surface area contributed by atoms with E-state index < -0.39 is 29.0 Å². The Bertz CT molecular complexity index is 1110. The van der Waals surface area contributed by atoms with Crippen LogP contribution in [0.3, 0.4) is 0 Å². The summed E-state index contributed by atoms with van der Waals surface area (Å²) in [5.41, 5.74) is -0.0648. The quantitative estimate of drug-likeness (QED) is 0.463. The van der Waals surface area contributed by atoms with Crippen molar-refractivity contribution in [2.24, 2.45) is 5.41 Å². The van der Waals surface area contributed by atoms with Gasteiger partial charge in [0, 0.05) is 5.69 Å². The predicted molar refractivity (Wildman–Crippen MR) is 129 cm³/mol. The standard InChI is InChI=1S/C27H26FN3O3/c1-2-3-18-27(19-24(32)29-21-16-14-20(28)15-17-21)25(33)30(22-10-6-4-7-11-22)31(26(27)34)23-12-8-5-9-13-23/h4-17H,2-3,18-19H2,1H3,(H,29,32). The molecule has 1 fully saturated rings. The second kappa shape index (κ2) is 9.87. The summed E-state index contributed by atoms with van der Waals surface area (Å²) < 4.78 is 13.3. The first-order chi connectivity index (χ1) is 16.5. The van der Waals surface area contributed by atoms with E-state index in [2.05, 4.69) is 5.32 Å². The molecule has 0 aromatic heterocycles. The van der Waals surface area contributed by atoms with Crippen molar-refractivity contribution in [1.82, 2.24) is 0 Å². The van der Waals surface area contributed by atoms with Gasteiger partial charge in [0.2, 0.25) is 5.91 Å². The van der Waals surface area contributed by atoms with Gasteiger partial charge in [0.1, 0.15) is 11.2 Å². The first kappa shape index (κ1) is 23.2. The molecule has 1 aliphatic heterocycles. The van der Waals surface area contributed by atoms with Crippen molar-refractivity contribution in [1.29, 1.82) is 0 Å². The highest BCUT2D eigenvalue weighted by Crippen LogP contribution is 2.44. The molecule has 0 atom stereocenters. The maximum atomic E-state index is 14.0. The van der Waals surface area contributed by atoms with Crippen LogP contribution in [-0.2, 0) is 14.4 Å². The largest absolute Gasteiger partial charge is 0.326 e. The first-order valence-corrected chi connectivity index (χ1v) is 11.3. The molecule has 3 amide bonds. The lowest BCUT2D eigenvalue weighted by Gasteiger charge is -2.27. The summed E-state index contributed by atoms with van der Waals surface area (Å²) in [6, 6.07) is 23.2. The van der Waals surface area contributed by atoms with E-state index in [9.17, 15) is 18.8 Å². The number of hydrazine groups is 1. The molecule has 0 spiro atoms. The molecular weight excluding hydrogens is 433 g/mol. The summed E-state index contributed by atoms with van der Waals surface area (Å²) in [5, 5.41) is 5.45. The second-order valence-electron chi connectivity index (χ2n) is 8.32. The topological polar surface area (TPSA) is 69.7 Å². The SMILES string of the molecule is CCCCC1(CC(=O)Nc2ccc(F)cc2)C(=O)N(c2ccccc2)N(c2ccccc2)C1=O. The van der Waals surface area contributed by atoms with E-state index in [0.29, 0.717) is 23.5 Å². The van der Waals surface area contributed by atoms with Crippen LogP contribution in [0.1, 0.15) is 32.6 Å². The zero-order valence-electron chi connectivity index (χ0n) is 18.9. The van der Waals surface area contributed by atoms with E-state index in [-0.39, 0.29) is 12.8 Å². The third-order valence-electron chi connectivity index (χ3n) is 5.95. The zero-order chi connectivity index (χ0) is 24.1. The van der Waals surface area contributed by atoms with Gasteiger partial charge in [0.15, 0.2) is 0 Å². The van der Waals surface area contributed by atoms with Gasteiger partial charge in [-0.1, -0.05) is 56.2 Å². The van der Waals surface area contributed by atoms with Crippen molar-refractivity contribution in [2.45, 2.75) is 32.6 Å². The van der Waals surface area contributed by atoms with Crippen molar-refractivity contribution < 1.29 is 18.8 Å². The summed E-state index contributed by atoms with van der Waals surface area (Å²) in [5.74, 6) is -1.77. The number of hydrogen-bond acceptors (Lipinski definition) is 3. The van der Waals surface area contributed by atoms with Gasteiger partial charge in [-0.2, -0.15) is 0 Å². The molecule has 0 saturated carbocycles. The minimum Gasteiger partial charge on any atom is -0.326 e. The first-order valence-electron chi connectivity index (χ1n) is 11.3. The molecule has 3 aromatic rings. The number of rotatable bonds is 8. The van der Waals surface area contributed by atoms with E-state index >= 15 is 0 Å². The molecule has 4 rings (SSSR count). The van der Waals surface area contributed by atoms with Crippen LogP contribution in [0, 0.1) is 11.2 Å². The Hall–Kier alpha value is -4.00. The fraction of sp³-hybridized carbons (Fsp3) is 0.222. The molecule has 3 aromatic carbocycles. The minimum absolute atomic E-state index is 0.241. The number of para-hydroxylation sites is 2. The number of unbranched alkanes of at least 4 members (excludes halogenated alkanes) is 1. The van der Waals surface area contributed by atoms with Crippen LogP contribution in [0.2, 0.25) is 0 Å². The Morgan fingerprint density at radius 2 is 1.32 bits per heavy atom. The van der Waals surface area contributed by atoms with Crippen LogP contribution in [0.4, 0.5) is 21.5 Å². The highest BCUT2D eigenvalue weighted by Gasteiger charge is 2.59. The lowest BCUT2D eigenvalue weighted by atomic mass is 9.78. The molecule has 0 radical (unpaired) electrons. The van der Waals surface area contributed by atoms with Crippen molar-refractivity contribution >= 4 is 34.8 Å². The highest BCUT2D eigenvalue weighted by atomic mass is 19.1. The van der Waals surface area contributed by atoms with Crippen LogP contribution in [0.15, 0.2) is 84.9 Å². The smallest absolute Gasteiger partial charge is 0.262 e. The number of carbonyl (C=O) groups is 3. The van der Waals surface area contributed by atoms with E-state index in [1.165, 1.54) is 34.3 Å². The molecule has 174 valence electrons. The van der Waals surface area contributed by atoms with Crippen molar-refractivity contribution in [2.75, 3.05) is 15.3 Å². The molecule has 0 aliphatic carbocycles. The molecule has 1 N–H and O–H groups in total. The Balaban J connectivity index is 1.74. The van der Waals surface area contributed by atoms with Gasteiger partial charge < -0.3 is 5.32 Å². The van der Waals surface area contributed by atoms with Crippen molar-refractivity contribution in [3.05, 3.63) is 90.7 Å². The average Bonchev–Trinajstić information content (AvgIpc) is 3.07. The van der Waals surface area contributed by atoms with Gasteiger partial charge in [-0.25, -0.2) is 14.4 Å². The molecule has 6 nitrogen and oxygen atoms in total. The maximum absolute atomic E-state index is 14.0. The zero-order valence-corrected chi connectivity index (χ0v) is 18.9. The number of nitrogens with zero attached hydrogens (tertiary/aromatic N) is 2. The fourth-order valence-electron chi connectivity index (χ4n) is 4.23. The molecule has 0 unspecified atom stereocenters. The number of nitrogens with one attached hydrogen (secondary N) is 1. The van der Waals surface area contributed by atoms with Gasteiger partial charge in [-0.15, -0.1) is 0 Å². The number of halogens is 1. The average molecular weight is 460 g/mol. The predicted octanol–water partition coefficient (Wildman–Crippen LogP) is 5.33. The third-order valence-corrected chi connectivity index (χ3v) is 5.95. The van der Waals surface area contributed by atoms with Gasteiger partial charge in [0.25, 0.3) is 11.8 Å². The van der Waals surface area contributed by atoms with Gasteiger partial charge >= 0.3 is 0 Å². The summed E-state index contributed by atoms with van der Waals surface area (Å²) in [6.07, 6.45) is 1.30. The van der Waals surface area contributed by atoms with Crippen LogP contribution < -0.4 is 15.3 Å². The van der Waals surface area contributed by atoms with E-state index in [4.69, 9.17) is 0 Å². The van der Waals surface area contributed by atoms with Gasteiger partial charge in [-0.05, 0) is 55.0 Å². The Morgan fingerprint density at radius 3 is 1.79 bits per heavy atom. The summed E-state index contributed by atoms with van der Waals surface area (Å²) in [6.45, 7) is 1.97. The summed E-state index contributed by atoms with van der Waals surface area (Å²) >= 11 is 0. The van der Waals surface area contributed by atoms with Crippen LogP contribution in [0.25, 0.3) is 0 Å². The maximum Gasteiger partial charge on any atom is 0.262 e. The Kier molecular flexibility index (Phi) is 6.72. The number of carbonyl (C=O) groups excluding carboxylic acids is 3. The molecule has 1 aliphatic rings. The molecule has 7 heteroatoms. The molecule has 0 bridgehead atoms. The van der Waals surface area contributed by atoms with Crippen LogP contribution in [-0.4, -0.2) is 17.7 Å². The van der Waals surface area contributed by atoms with Gasteiger partial charge in [-0.3, -0.25) is 14.4 Å². The molecular formula is C27H26FN3O3. The monoisotopic (exact) mass is 459 g/mol. The van der Waals surface area contributed by atoms with E-state index in [1.54, 1.807) is 48.5 Å². The summed E-state index contributed by atoms with van der Waals surface area (Å²) in [7, 11) is 0. The van der Waals surface area contributed by atoms with E-state index in [1.807, 2.05) is 19.1 Å². The molecule has 1 saturated heterocycles. The van der Waals surface area contributed by atoms with Gasteiger partial charge in [0.05, 0.1) is 17.8 Å².